The minimum atomic E-state index is -4.92. The molecule has 0 radical (unpaired) electrons. The number of hydrogen-bond acceptors (Lipinski definition) is 4. The van der Waals surface area contributed by atoms with Gasteiger partial charge in [0, 0.05) is 0 Å². The van der Waals surface area contributed by atoms with Crippen molar-refractivity contribution in [2.24, 2.45) is 10.9 Å². The highest BCUT2D eigenvalue weighted by molar-refractivity contribution is 7.86. The third kappa shape index (κ3) is 2.26. The summed E-state index contributed by atoms with van der Waals surface area (Å²) in [5.41, 5.74) is -0.298. The molecule has 0 aliphatic rings. The van der Waals surface area contributed by atoms with Gasteiger partial charge in [-0.2, -0.15) is 18.3 Å². The van der Waals surface area contributed by atoms with Gasteiger partial charge in [0.2, 0.25) is 0 Å². The summed E-state index contributed by atoms with van der Waals surface area (Å²) in [6, 6.07) is 0. The van der Waals surface area contributed by atoms with Crippen molar-refractivity contribution in [1.29, 1.82) is 0 Å². The molecule has 10 heteroatoms. The summed E-state index contributed by atoms with van der Waals surface area (Å²) in [4.78, 5) is -0.683. The Bertz CT molecular complexity index is 413. The smallest absolute Gasteiger partial charge is 0.409 e. The summed E-state index contributed by atoms with van der Waals surface area (Å²) in [5, 5.41) is 16.0. The number of nitrogens with two attached hydrogens (primary N) is 1. The van der Waals surface area contributed by atoms with Gasteiger partial charge in [-0.15, -0.1) is 0 Å². The van der Waals surface area contributed by atoms with Crippen LogP contribution in [0.2, 0.25) is 0 Å². The SMILES string of the molecule is NC(=NO)c1[nH]ncc1S(=O)C(F)(F)F. The van der Waals surface area contributed by atoms with E-state index in [2.05, 4.69) is 15.4 Å². The minimum absolute atomic E-state index is 0.423. The fourth-order valence-electron chi connectivity index (χ4n) is 0.774. The van der Waals surface area contributed by atoms with Crippen LogP contribution >= 0.6 is 0 Å². The van der Waals surface area contributed by atoms with Crippen LogP contribution in [0.5, 0.6) is 0 Å². The molecule has 1 heterocycles. The molecular weight excluding hydrogens is 237 g/mol. The first kappa shape index (κ1) is 11.5. The molecule has 0 fully saturated rings. The first-order valence-electron chi connectivity index (χ1n) is 3.37. The maximum atomic E-state index is 12.1. The van der Waals surface area contributed by atoms with E-state index in [1.165, 1.54) is 0 Å². The number of halogens is 3. The Hall–Kier alpha value is -1.58. The molecule has 1 aromatic rings. The predicted octanol–water partition coefficient (Wildman–Crippen LogP) is 0.132. The van der Waals surface area contributed by atoms with E-state index in [0.29, 0.717) is 6.20 Å². The molecule has 84 valence electrons. The monoisotopic (exact) mass is 242 g/mol. The molecule has 0 bridgehead atoms. The number of aromatic nitrogens is 2. The Morgan fingerprint density at radius 3 is 2.73 bits per heavy atom. The van der Waals surface area contributed by atoms with Crippen molar-refractivity contribution in [3.05, 3.63) is 11.9 Å². The lowest BCUT2D eigenvalue weighted by molar-refractivity contribution is -0.0384. The van der Waals surface area contributed by atoms with Crippen molar-refractivity contribution in [3.8, 4) is 0 Å². The zero-order valence-corrected chi connectivity index (χ0v) is 7.76. The largest absolute Gasteiger partial charge is 0.475 e. The van der Waals surface area contributed by atoms with E-state index in [1.807, 2.05) is 0 Å². The van der Waals surface area contributed by atoms with Crippen LogP contribution < -0.4 is 5.73 Å². The molecule has 1 rings (SSSR count). The van der Waals surface area contributed by atoms with Crippen molar-refractivity contribution in [3.63, 3.8) is 0 Å². The number of nitrogens with one attached hydrogen (secondary N) is 1. The normalized spacial score (nSPS) is 15.3. The molecule has 1 aromatic heterocycles. The van der Waals surface area contributed by atoms with Crippen LogP contribution in [-0.2, 0) is 10.8 Å². The van der Waals surface area contributed by atoms with Crippen LogP contribution in [0.1, 0.15) is 5.69 Å². The summed E-state index contributed by atoms with van der Waals surface area (Å²) >= 11 is 0. The standard InChI is InChI=1S/C5H5F3N4O2S/c6-5(7,8)15(14)2-1-10-11-3(2)4(9)12-13/h1,13H,(H2,9,12)(H,10,11). The second-order valence-corrected chi connectivity index (χ2v) is 3.75. The van der Waals surface area contributed by atoms with Gasteiger partial charge >= 0.3 is 5.51 Å². The molecule has 1 atom stereocenters. The van der Waals surface area contributed by atoms with Crippen LogP contribution in [0.25, 0.3) is 0 Å². The zero-order valence-electron chi connectivity index (χ0n) is 6.95. The molecule has 1 unspecified atom stereocenters. The van der Waals surface area contributed by atoms with Gasteiger partial charge in [-0.3, -0.25) is 5.10 Å². The van der Waals surface area contributed by atoms with Crippen molar-refractivity contribution >= 4 is 16.6 Å². The Labute approximate surface area is 83.4 Å². The molecule has 0 amide bonds. The fourth-order valence-corrected chi connectivity index (χ4v) is 1.51. The first-order chi connectivity index (χ1) is 6.88. The summed E-state index contributed by atoms with van der Waals surface area (Å²) in [6.45, 7) is 0. The average molecular weight is 242 g/mol. The molecule has 0 saturated carbocycles. The summed E-state index contributed by atoms with van der Waals surface area (Å²) in [7, 11) is -3.27. The van der Waals surface area contributed by atoms with Crippen LogP contribution in [0, 0.1) is 0 Å². The molecule has 15 heavy (non-hydrogen) atoms. The van der Waals surface area contributed by atoms with Gasteiger partial charge in [0.25, 0.3) is 0 Å². The van der Waals surface area contributed by atoms with E-state index in [9.17, 15) is 17.4 Å². The maximum Gasteiger partial charge on any atom is 0.475 e. The lowest BCUT2D eigenvalue weighted by Crippen LogP contribution is -2.21. The van der Waals surface area contributed by atoms with Crippen LogP contribution in [-0.4, -0.2) is 31.0 Å². The lowest BCUT2D eigenvalue weighted by atomic mass is 10.4. The number of oxime groups is 1. The number of amidine groups is 1. The number of aromatic amines is 1. The highest BCUT2D eigenvalue weighted by atomic mass is 32.2. The summed E-state index contributed by atoms with van der Waals surface area (Å²) < 4.78 is 47.1. The lowest BCUT2D eigenvalue weighted by Gasteiger charge is -2.05. The van der Waals surface area contributed by atoms with Crippen molar-refractivity contribution < 1.29 is 22.6 Å². The van der Waals surface area contributed by atoms with Gasteiger partial charge in [0.05, 0.1) is 11.1 Å². The van der Waals surface area contributed by atoms with Crippen LogP contribution in [0.3, 0.4) is 0 Å². The summed E-state index contributed by atoms with van der Waals surface area (Å²) in [6.07, 6.45) is 0.705. The van der Waals surface area contributed by atoms with Gasteiger partial charge in [-0.25, -0.2) is 4.21 Å². The fraction of sp³-hybridized carbons (Fsp3) is 0.200. The van der Waals surface area contributed by atoms with Crippen molar-refractivity contribution in [2.75, 3.05) is 0 Å². The molecule has 6 nitrogen and oxygen atoms in total. The molecule has 0 aliphatic carbocycles. The first-order valence-corrected chi connectivity index (χ1v) is 4.52. The Morgan fingerprint density at radius 1 is 1.67 bits per heavy atom. The van der Waals surface area contributed by atoms with E-state index in [1.54, 1.807) is 0 Å². The number of nitrogens with zero attached hydrogens (tertiary/aromatic N) is 2. The Balaban J connectivity index is 3.17. The highest BCUT2D eigenvalue weighted by Crippen LogP contribution is 2.27. The number of hydrogen-bond donors (Lipinski definition) is 3. The van der Waals surface area contributed by atoms with Gasteiger partial charge < -0.3 is 10.9 Å². The third-order valence-corrected chi connectivity index (χ3v) is 2.51. The zero-order chi connectivity index (χ0) is 11.6. The third-order valence-electron chi connectivity index (χ3n) is 1.38. The topological polar surface area (TPSA) is 104 Å². The van der Waals surface area contributed by atoms with E-state index >= 15 is 0 Å². The number of alkyl halides is 3. The van der Waals surface area contributed by atoms with Gasteiger partial charge in [-0.05, 0) is 0 Å². The van der Waals surface area contributed by atoms with Crippen LogP contribution in [0.15, 0.2) is 16.2 Å². The van der Waals surface area contributed by atoms with Crippen LogP contribution in [0.4, 0.5) is 13.2 Å². The van der Waals surface area contributed by atoms with Crippen molar-refractivity contribution in [2.45, 2.75) is 10.4 Å². The molecule has 0 aromatic carbocycles. The highest BCUT2D eigenvalue weighted by Gasteiger charge is 2.40. The molecule has 0 aliphatic heterocycles. The van der Waals surface area contributed by atoms with E-state index < -0.39 is 32.7 Å². The van der Waals surface area contributed by atoms with Gasteiger partial charge in [0.1, 0.15) is 5.69 Å². The molecule has 4 N–H and O–H groups in total. The van der Waals surface area contributed by atoms with Gasteiger partial charge in [-0.1, -0.05) is 5.16 Å². The Kier molecular flexibility index (Phi) is 2.98. The van der Waals surface area contributed by atoms with Gasteiger partial charge in [0.15, 0.2) is 16.6 Å². The molecule has 0 saturated heterocycles. The van der Waals surface area contributed by atoms with E-state index in [0.717, 1.165) is 0 Å². The summed E-state index contributed by atoms with van der Waals surface area (Å²) in [5.74, 6) is -0.625. The average Bonchev–Trinajstić information content (AvgIpc) is 2.62. The quantitative estimate of drug-likeness (QED) is 0.297. The molecular formula is C5H5F3N4O2S. The van der Waals surface area contributed by atoms with Crippen molar-refractivity contribution in [1.82, 2.24) is 10.2 Å². The number of rotatable bonds is 2. The second kappa shape index (κ2) is 3.88. The second-order valence-electron chi connectivity index (χ2n) is 2.31. The van der Waals surface area contributed by atoms with E-state index in [-0.39, 0.29) is 0 Å². The predicted molar refractivity (Wildman–Crippen MR) is 43.6 cm³/mol. The number of H-pyrrole nitrogens is 1. The minimum Gasteiger partial charge on any atom is -0.409 e. The van der Waals surface area contributed by atoms with E-state index in [4.69, 9.17) is 10.9 Å². The maximum absolute atomic E-state index is 12.1. The Morgan fingerprint density at radius 2 is 2.27 bits per heavy atom. The molecule has 0 spiro atoms.